The number of nitrogens with zero attached hydrogens (tertiary/aromatic N) is 1. The molecule has 2 aromatic carbocycles. The minimum atomic E-state index is -0.827. The molecule has 2 N–H and O–H groups in total. The van der Waals surface area contributed by atoms with Crippen molar-refractivity contribution in [3.05, 3.63) is 98.6 Å². The molecule has 10 heteroatoms. The maximum Gasteiger partial charge on any atom is 0.340 e. The van der Waals surface area contributed by atoms with Gasteiger partial charge in [0.15, 0.2) is 0 Å². The van der Waals surface area contributed by atoms with E-state index in [1.165, 1.54) is 18.1 Å². The lowest BCUT2D eigenvalue weighted by molar-refractivity contribution is -0.136. The van der Waals surface area contributed by atoms with Crippen LogP contribution in [0.1, 0.15) is 29.6 Å². The molecule has 1 aliphatic rings. The average molecular weight is 592 g/mol. The van der Waals surface area contributed by atoms with E-state index in [1.807, 2.05) is 19.9 Å². The van der Waals surface area contributed by atoms with E-state index < -0.39 is 23.7 Å². The van der Waals surface area contributed by atoms with Gasteiger partial charge in [0.1, 0.15) is 11.5 Å². The van der Waals surface area contributed by atoms with Crippen molar-refractivity contribution in [3.8, 4) is 0 Å². The molecule has 200 valence electrons. The number of methoxy groups -OCH3 is 1. The topological polar surface area (TPSA) is 118 Å². The Bertz CT molecular complexity index is 1530. The SMILES string of the molecule is COC(=O)C1=C(C)N(c2ccc(Br)cc2)C(=O)/C1=C/c1ccc(CNC(=O)C(=O)Nc2ccc(C)c(C)c2)o1. The normalized spacial score (nSPS) is 14.1. The van der Waals surface area contributed by atoms with Crippen LogP contribution in [-0.4, -0.2) is 30.8 Å². The summed E-state index contributed by atoms with van der Waals surface area (Å²) in [5, 5.41) is 5.07. The lowest BCUT2D eigenvalue weighted by atomic mass is 10.1. The molecule has 0 fully saturated rings. The maximum absolute atomic E-state index is 13.4. The molecule has 4 rings (SSSR count). The van der Waals surface area contributed by atoms with Crippen LogP contribution >= 0.6 is 15.9 Å². The summed E-state index contributed by atoms with van der Waals surface area (Å²) in [5.41, 5.74) is 3.84. The van der Waals surface area contributed by atoms with Gasteiger partial charge in [-0.2, -0.15) is 0 Å². The Kier molecular flexibility index (Phi) is 8.15. The first-order chi connectivity index (χ1) is 18.6. The van der Waals surface area contributed by atoms with Gasteiger partial charge >= 0.3 is 17.8 Å². The largest absolute Gasteiger partial charge is 0.465 e. The third-order valence-electron chi connectivity index (χ3n) is 6.24. The van der Waals surface area contributed by atoms with E-state index in [0.717, 1.165) is 15.6 Å². The molecule has 0 saturated carbocycles. The zero-order valence-corrected chi connectivity index (χ0v) is 23.3. The highest BCUT2D eigenvalue weighted by Crippen LogP contribution is 2.36. The number of amides is 3. The second-order valence-electron chi connectivity index (χ2n) is 8.87. The smallest absolute Gasteiger partial charge is 0.340 e. The molecule has 39 heavy (non-hydrogen) atoms. The molecule has 0 saturated heterocycles. The van der Waals surface area contributed by atoms with Crippen LogP contribution in [0.4, 0.5) is 11.4 Å². The second-order valence-corrected chi connectivity index (χ2v) is 9.78. The van der Waals surface area contributed by atoms with Gasteiger partial charge in [-0.15, -0.1) is 0 Å². The van der Waals surface area contributed by atoms with Crippen molar-refractivity contribution in [2.75, 3.05) is 17.3 Å². The van der Waals surface area contributed by atoms with Crippen LogP contribution in [0, 0.1) is 13.8 Å². The number of carbonyl (C=O) groups is 4. The van der Waals surface area contributed by atoms with E-state index in [-0.39, 0.29) is 23.5 Å². The number of halogens is 1. The number of nitrogens with one attached hydrogen (secondary N) is 2. The molecule has 3 amide bonds. The van der Waals surface area contributed by atoms with E-state index >= 15 is 0 Å². The highest BCUT2D eigenvalue weighted by atomic mass is 79.9. The van der Waals surface area contributed by atoms with E-state index in [9.17, 15) is 19.2 Å². The first-order valence-corrected chi connectivity index (χ1v) is 12.7. The van der Waals surface area contributed by atoms with Crippen LogP contribution in [0.2, 0.25) is 0 Å². The zero-order valence-electron chi connectivity index (χ0n) is 21.8. The molecule has 1 aliphatic heterocycles. The number of hydrogen-bond acceptors (Lipinski definition) is 6. The Morgan fingerprint density at radius 2 is 1.69 bits per heavy atom. The number of ether oxygens (including phenoxy) is 1. The lowest BCUT2D eigenvalue weighted by Crippen LogP contribution is -2.34. The van der Waals surface area contributed by atoms with Crippen molar-refractivity contribution in [2.45, 2.75) is 27.3 Å². The Hall–Kier alpha value is -4.44. The van der Waals surface area contributed by atoms with Crippen molar-refractivity contribution < 1.29 is 28.3 Å². The molecule has 2 heterocycles. The second kappa shape index (κ2) is 11.5. The monoisotopic (exact) mass is 591 g/mol. The van der Waals surface area contributed by atoms with Crippen LogP contribution in [0.25, 0.3) is 6.08 Å². The summed E-state index contributed by atoms with van der Waals surface area (Å²) >= 11 is 3.38. The third kappa shape index (κ3) is 6.01. The van der Waals surface area contributed by atoms with Gasteiger partial charge in [-0.05, 0) is 86.5 Å². The average Bonchev–Trinajstić information content (AvgIpc) is 3.46. The van der Waals surface area contributed by atoms with Gasteiger partial charge in [-0.25, -0.2) is 4.79 Å². The first-order valence-electron chi connectivity index (χ1n) is 12.0. The predicted octanol–water partition coefficient (Wildman–Crippen LogP) is 4.79. The standard InChI is InChI=1S/C29H26BrN3O6/c1-16-5-8-20(13-17(16)2)32-27(35)26(34)31-15-23-12-11-22(39-23)14-24-25(29(37)38-4)18(3)33(28(24)36)21-9-6-19(30)7-10-21/h5-14H,15H2,1-4H3,(H,31,34)(H,32,35)/b24-14+. The number of anilines is 2. The Labute approximate surface area is 233 Å². The zero-order chi connectivity index (χ0) is 28.3. The highest BCUT2D eigenvalue weighted by molar-refractivity contribution is 9.10. The summed E-state index contributed by atoms with van der Waals surface area (Å²) in [6, 6.07) is 15.7. The Balaban J connectivity index is 1.48. The number of allylic oxidation sites excluding steroid dienone is 1. The number of rotatable bonds is 6. The van der Waals surface area contributed by atoms with E-state index in [0.29, 0.717) is 22.8 Å². The van der Waals surface area contributed by atoms with Gasteiger partial charge in [0.2, 0.25) is 0 Å². The van der Waals surface area contributed by atoms with E-state index in [4.69, 9.17) is 9.15 Å². The van der Waals surface area contributed by atoms with Crippen molar-refractivity contribution >= 4 is 57.1 Å². The molecule has 0 spiro atoms. The van der Waals surface area contributed by atoms with E-state index in [1.54, 1.807) is 55.5 Å². The predicted molar refractivity (Wildman–Crippen MR) is 149 cm³/mol. The number of benzene rings is 2. The van der Waals surface area contributed by atoms with Crippen molar-refractivity contribution in [1.29, 1.82) is 0 Å². The van der Waals surface area contributed by atoms with Gasteiger partial charge in [0.25, 0.3) is 5.91 Å². The van der Waals surface area contributed by atoms with Crippen molar-refractivity contribution in [3.63, 3.8) is 0 Å². The third-order valence-corrected chi connectivity index (χ3v) is 6.77. The van der Waals surface area contributed by atoms with Gasteiger partial charge in [-0.3, -0.25) is 19.3 Å². The van der Waals surface area contributed by atoms with Crippen molar-refractivity contribution in [2.24, 2.45) is 0 Å². The molecule has 1 aromatic heterocycles. The molecule has 0 radical (unpaired) electrons. The molecular formula is C29H26BrN3O6. The van der Waals surface area contributed by atoms with Crippen LogP contribution in [0.5, 0.6) is 0 Å². The van der Waals surface area contributed by atoms with Crippen LogP contribution < -0.4 is 15.5 Å². The summed E-state index contributed by atoms with van der Waals surface area (Å²) in [5.74, 6) is -2.06. The molecule has 0 unspecified atom stereocenters. The van der Waals surface area contributed by atoms with Gasteiger partial charge in [0.05, 0.1) is 24.8 Å². The summed E-state index contributed by atoms with van der Waals surface area (Å²) in [6.07, 6.45) is 1.45. The molecular weight excluding hydrogens is 566 g/mol. The summed E-state index contributed by atoms with van der Waals surface area (Å²) in [7, 11) is 1.25. The Morgan fingerprint density at radius 1 is 0.974 bits per heavy atom. The van der Waals surface area contributed by atoms with Crippen LogP contribution in [-0.2, 0) is 30.5 Å². The minimum Gasteiger partial charge on any atom is -0.465 e. The maximum atomic E-state index is 13.4. The van der Waals surface area contributed by atoms with Gasteiger partial charge in [0, 0.05) is 21.5 Å². The molecule has 9 nitrogen and oxygen atoms in total. The fraction of sp³-hybridized carbons (Fsp3) is 0.172. The van der Waals surface area contributed by atoms with Crippen LogP contribution in [0.3, 0.4) is 0 Å². The molecule has 3 aromatic rings. The van der Waals surface area contributed by atoms with Gasteiger partial charge < -0.3 is 19.8 Å². The summed E-state index contributed by atoms with van der Waals surface area (Å²) < 4.78 is 11.5. The minimum absolute atomic E-state index is 0.0555. The van der Waals surface area contributed by atoms with Crippen LogP contribution in [0.15, 0.2) is 80.3 Å². The molecule has 0 atom stereocenters. The van der Waals surface area contributed by atoms with Gasteiger partial charge in [-0.1, -0.05) is 22.0 Å². The fourth-order valence-corrected chi connectivity index (χ4v) is 4.31. The number of aryl methyl sites for hydroxylation is 2. The number of furan rings is 1. The molecule has 0 aliphatic carbocycles. The fourth-order valence-electron chi connectivity index (χ4n) is 4.05. The lowest BCUT2D eigenvalue weighted by Gasteiger charge is -2.17. The summed E-state index contributed by atoms with van der Waals surface area (Å²) in [6.45, 7) is 5.48. The highest BCUT2D eigenvalue weighted by Gasteiger charge is 2.38. The van der Waals surface area contributed by atoms with E-state index in [2.05, 4.69) is 26.6 Å². The number of esters is 1. The van der Waals surface area contributed by atoms with Crippen molar-refractivity contribution in [1.82, 2.24) is 5.32 Å². The summed E-state index contributed by atoms with van der Waals surface area (Å²) in [4.78, 5) is 52.0. The number of carbonyl (C=O) groups excluding carboxylic acids is 4. The first kappa shape index (κ1) is 27.6. The quantitative estimate of drug-likeness (QED) is 0.242. The Morgan fingerprint density at radius 3 is 2.36 bits per heavy atom. The molecule has 0 bridgehead atoms. The number of hydrogen-bond donors (Lipinski definition) is 2.